The molecule has 3 N–H and O–H groups in total. The number of carbonyl (C=O) groups excluding carboxylic acids is 1. The van der Waals surface area contributed by atoms with Crippen molar-refractivity contribution in [3.05, 3.63) is 56.5 Å². The third-order valence-corrected chi connectivity index (χ3v) is 4.02. The van der Waals surface area contributed by atoms with Gasteiger partial charge in [-0.05, 0) is 62.2 Å². The van der Waals surface area contributed by atoms with Crippen molar-refractivity contribution in [2.45, 2.75) is 0 Å². The fraction of sp³-hybridized carbons (Fsp3) is 0. The van der Waals surface area contributed by atoms with Crippen LogP contribution in [0.1, 0.15) is 20.7 Å². The number of carbonyl (C=O) groups is 2. The first-order valence-electron chi connectivity index (χ1n) is 5.72. The average molecular weight is 415 g/mol. The predicted octanol–water partition coefficient (Wildman–Crippen LogP) is 3.87. The molecule has 0 aliphatic carbocycles. The van der Waals surface area contributed by atoms with E-state index in [-0.39, 0.29) is 22.6 Å². The van der Waals surface area contributed by atoms with Gasteiger partial charge in [0.25, 0.3) is 5.91 Å². The Kier molecular flexibility index (Phi) is 4.64. The fourth-order valence-electron chi connectivity index (χ4n) is 1.67. The van der Waals surface area contributed by atoms with E-state index in [4.69, 9.17) is 5.11 Å². The number of anilines is 1. The number of carboxylic acid groups (broad SMARTS) is 1. The minimum Gasteiger partial charge on any atom is -0.507 e. The summed E-state index contributed by atoms with van der Waals surface area (Å²) >= 11 is 6.33. The van der Waals surface area contributed by atoms with Crippen molar-refractivity contribution in [3.63, 3.8) is 0 Å². The van der Waals surface area contributed by atoms with Crippen LogP contribution in [-0.2, 0) is 0 Å². The van der Waals surface area contributed by atoms with Gasteiger partial charge in [0.05, 0.1) is 15.7 Å². The third kappa shape index (κ3) is 3.43. The average Bonchev–Trinajstić information content (AvgIpc) is 2.43. The number of rotatable bonds is 3. The molecule has 2 rings (SSSR count). The number of halogens is 2. The van der Waals surface area contributed by atoms with Crippen LogP contribution in [-0.4, -0.2) is 22.1 Å². The highest BCUT2D eigenvalue weighted by Gasteiger charge is 2.16. The van der Waals surface area contributed by atoms with Crippen LogP contribution in [0.2, 0.25) is 0 Å². The first-order chi connectivity index (χ1) is 9.90. The summed E-state index contributed by atoms with van der Waals surface area (Å²) < 4.78 is 0.920. The predicted molar refractivity (Wildman–Crippen MR) is 84.9 cm³/mol. The van der Waals surface area contributed by atoms with Gasteiger partial charge in [-0.2, -0.15) is 0 Å². The van der Waals surface area contributed by atoms with Crippen molar-refractivity contribution in [1.82, 2.24) is 0 Å². The molecule has 2 aromatic carbocycles. The summed E-state index contributed by atoms with van der Waals surface area (Å²) in [6.45, 7) is 0. The van der Waals surface area contributed by atoms with Gasteiger partial charge in [0, 0.05) is 10.0 Å². The van der Waals surface area contributed by atoms with Gasteiger partial charge in [0.15, 0.2) is 0 Å². The van der Waals surface area contributed by atoms with E-state index in [0.717, 1.165) is 0 Å². The maximum atomic E-state index is 12.2. The number of carboxylic acids is 1. The van der Waals surface area contributed by atoms with Gasteiger partial charge in [0.2, 0.25) is 0 Å². The van der Waals surface area contributed by atoms with Gasteiger partial charge in [-0.15, -0.1) is 0 Å². The van der Waals surface area contributed by atoms with Crippen molar-refractivity contribution in [1.29, 1.82) is 0 Å². The number of phenols is 1. The molecule has 108 valence electrons. The number of amides is 1. The molecule has 2 aromatic rings. The highest BCUT2D eigenvalue weighted by molar-refractivity contribution is 9.11. The van der Waals surface area contributed by atoms with E-state index in [1.165, 1.54) is 24.3 Å². The van der Waals surface area contributed by atoms with Gasteiger partial charge in [0.1, 0.15) is 5.75 Å². The van der Waals surface area contributed by atoms with E-state index in [2.05, 4.69) is 37.2 Å². The second kappa shape index (κ2) is 6.28. The van der Waals surface area contributed by atoms with Crippen LogP contribution in [0.5, 0.6) is 5.75 Å². The summed E-state index contributed by atoms with van der Waals surface area (Å²) in [5.74, 6) is -1.74. The number of benzene rings is 2. The van der Waals surface area contributed by atoms with Gasteiger partial charge in [-0.1, -0.05) is 6.07 Å². The Balaban J connectivity index is 2.36. The Hall–Kier alpha value is -1.86. The molecule has 1 amide bonds. The minimum absolute atomic E-state index is 0.0286. The lowest BCUT2D eigenvalue weighted by Crippen LogP contribution is -2.15. The highest BCUT2D eigenvalue weighted by atomic mass is 79.9. The van der Waals surface area contributed by atoms with E-state index >= 15 is 0 Å². The van der Waals surface area contributed by atoms with E-state index in [1.807, 2.05) is 0 Å². The third-order valence-electron chi connectivity index (χ3n) is 2.69. The van der Waals surface area contributed by atoms with E-state index < -0.39 is 11.9 Å². The molecule has 0 aromatic heterocycles. The Morgan fingerprint density at radius 2 is 1.76 bits per heavy atom. The molecule has 21 heavy (non-hydrogen) atoms. The maximum Gasteiger partial charge on any atom is 0.337 e. The van der Waals surface area contributed by atoms with Crippen LogP contribution in [0.15, 0.2) is 45.3 Å². The summed E-state index contributed by atoms with van der Waals surface area (Å²) in [6, 6.07) is 8.91. The molecule has 0 heterocycles. The lowest BCUT2D eigenvalue weighted by atomic mass is 10.1. The summed E-state index contributed by atoms with van der Waals surface area (Å²) in [5.41, 5.74) is 0.347. The van der Waals surface area contributed by atoms with Crippen LogP contribution in [0.4, 0.5) is 5.69 Å². The number of hydrogen-bond acceptors (Lipinski definition) is 3. The summed E-state index contributed by atoms with van der Waals surface area (Å²) in [4.78, 5) is 23.3. The van der Waals surface area contributed by atoms with E-state index in [0.29, 0.717) is 8.95 Å². The molecule has 0 unspecified atom stereocenters. The van der Waals surface area contributed by atoms with Crippen LogP contribution >= 0.6 is 31.9 Å². The van der Waals surface area contributed by atoms with Crippen LogP contribution in [0, 0.1) is 0 Å². The van der Waals surface area contributed by atoms with Crippen molar-refractivity contribution >= 4 is 49.4 Å². The normalized spacial score (nSPS) is 10.2. The Morgan fingerprint density at radius 1 is 1.05 bits per heavy atom. The zero-order valence-corrected chi connectivity index (χ0v) is 13.6. The summed E-state index contributed by atoms with van der Waals surface area (Å²) in [5, 5.41) is 21.2. The molecular formula is C14H9Br2NO4. The first kappa shape index (κ1) is 15.5. The Labute approximate surface area is 136 Å². The molecule has 7 heteroatoms. The molecule has 0 fully saturated rings. The van der Waals surface area contributed by atoms with E-state index in [1.54, 1.807) is 12.1 Å². The molecule has 0 spiro atoms. The molecule has 0 radical (unpaired) electrons. The smallest absolute Gasteiger partial charge is 0.337 e. The largest absolute Gasteiger partial charge is 0.507 e. The monoisotopic (exact) mass is 413 g/mol. The second-order valence-electron chi connectivity index (χ2n) is 4.09. The van der Waals surface area contributed by atoms with Gasteiger partial charge in [-0.3, -0.25) is 4.79 Å². The quantitative estimate of drug-likeness (QED) is 0.711. The molecule has 0 atom stereocenters. The summed E-state index contributed by atoms with van der Waals surface area (Å²) in [7, 11) is 0. The topological polar surface area (TPSA) is 86.6 Å². The fourth-order valence-corrected chi connectivity index (χ4v) is 2.38. The second-order valence-corrected chi connectivity index (χ2v) is 5.80. The van der Waals surface area contributed by atoms with Crippen LogP contribution in [0.3, 0.4) is 0 Å². The minimum atomic E-state index is -1.15. The zero-order valence-electron chi connectivity index (χ0n) is 10.4. The Bertz CT molecular complexity index is 731. The van der Waals surface area contributed by atoms with Crippen molar-refractivity contribution in [2.24, 2.45) is 0 Å². The summed E-state index contributed by atoms with van der Waals surface area (Å²) in [6.07, 6.45) is 0. The first-order valence-corrected chi connectivity index (χ1v) is 7.30. The number of aromatic carboxylic acids is 1. The maximum absolute atomic E-state index is 12.2. The van der Waals surface area contributed by atoms with Crippen LogP contribution < -0.4 is 5.32 Å². The number of nitrogens with one attached hydrogen (secondary N) is 1. The molecule has 0 saturated carbocycles. The number of aromatic hydroxyl groups is 1. The lowest BCUT2D eigenvalue weighted by Gasteiger charge is -2.11. The van der Waals surface area contributed by atoms with Gasteiger partial charge < -0.3 is 15.5 Å². The van der Waals surface area contributed by atoms with Crippen LogP contribution in [0.25, 0.3) is 0 Å². The molecule has 0 aliphatic rings. The van der Waals surface area contributed by atoms with Gasteiger partial charge >= 0.3 is 5.97 Å². The van der Waals surface area contributed by atoms with E-state index in [9.17, 15) is 14.7 Å². The standard InChI is InChI=1S/C14H9Br2NO4/c15-9-5-4-7(6-11(9)18)13(19)17-12-8(14(20)21)2-1-3-10(12)16/h1-6,18H,(H,17,19)(H,20,21). The zero-order chi connectivity index (χ0) is 15.6. The number of para-hydroxylation sites is 1. The molecule has 0 bridgehead atoms. The molecule has 0 aliphatic heterocycles. The van der Waals surface area contributed by atoms with Crippen molar-refractivity contribution < 1.29 is 19.8 Å². The van der Waals surface area contributed by atoms with Crippen molar-refractivity contribution in [2.75, 3.05) is 5.32 Å². The number of hydrogen-bond donors (Lipinski definition) is 3. The molecule has 0 saturated heterocycles. The van der Waals surface area contributed by atoms with Gasteiger partial charge in [-0.25, -0.2) is 4.79 Å². The number of phenolic OH excluding ortho intramolecular Hbond substituents is 1. The molecule has 5 nitrogen and oxygen atoms in total. The SMILES string of the molecule is O=C(Nc1c(Br)cccc1C(=O)O)c1ccc(Br)c(O)c1. The Morgan fingerprint density at radius 3 is 2.38 bits per heavy atom. The highest BCUT2D eigenvalue weighted by Crippen LogP contribution is 2.28. The molecular weight excluding hydrogens is 406 g/mol. The lowest BCUT2D eigenvalue weighted by molar-refractivity contribution is 0.0698. The van der Waals surface area contributed by atoms with Crippen molar-refractivity contribution in [3.8, 4) is 5.75 Å².